The Bertz CT molecular complexity index is 1110. The topological polar surface area (TPSA) is 90.3 Å². The highest BCUT2D eigenvalue weighted by Crippen LogP contribution is 2.39. The number of para-hydroxylation sites is 3. The maximum atomic E-state index is 13.5. The van der Waals surface area contributed by atoms with Crippen molar-refractivity contribution in [2.75, 3.05) is 24.4 Å². The fourth-order valence-corrected chi connectivity index (χ4v) is 3.61. The summed E-state index contributed by atoms with van der Waals surface area (Å²) in [6, 6.07) is 14.4. The molecule has 0 saturated heterocycles. The lowest BCUT2D eigenvalue weighted by Crippen LogP contribution is -2.31. The third-order valence-electron chi connectivity index (χ3n) is 4.91. The molecule has 154 valence electrons. The molecule has 1 amide bonds. The predicted octanol–water partition coefficient (Wildman–Crippen LogP) is 3.61. The van der Waals surface area contributed by atoms with Gasteiger partial charge in [-0.2, -0.15) is 10.1 Å². The number of nitrogens with one attached hydrogen (secondary N) is 2. The number of allylic oxidation sites excluding steroid dienone is 1. The van der Waals surface area contributed by atoms with Gasteiger partial charge in [-0.15, -0.1) is 0 Å². The summed E-state index contributed by atoms with van der Waals surface area (Å²) in [5.41, 5.74) is 2.63. The molecule has 30 heavy (non-hydrogen) atoms. The van der Waals surface area contributed by atoms with Crippen molar-refractivity contribution in [3.05, 3.63) is 71.7 Å². The summed E-state index contributed by atoms with van der Waals surface area (Å²) in [6.07, 6.45) is 1.46. The summed E-state index contributed by atoms with van der Waals surface area (Å²) in [4.78, 5) is 17.8. The molecule has 0 aliphatic carbocycles. The Morgan fingerprint density at radius 1 is 1.17 bits per heavy atom. The zero-order chi connectivity index (χ0) is 21.1. The van der Waals surface area contributed by atoms with E-state index < -0.39 is 6.04 Å². The normalized spacial score (nSPS) is 15.2. The van der Waals surface area contributed by atoms with Gasteiger partial charge in [0.05, 0.1) is 25.0 Å². The molecule has 0 saturated carbocycles. The summed E-state index contributed by atoms with van der Waals surface area (Å²) < 4.78 is 12.9. The van der Waals surface area contributed by atoms with Gasteiger partial charge in [-0.3, -0.25) is 4.79 Å². The Labute approximate surface area is 174 Å². The van der Waals surface area contributed by atoms with E-state index in [0.29, 0.717) is 41.0 Å². The Morgan fingerprint density at radius 2 is 1.90 bits per heavy atom. The third-order valence-corrected chi connectivity index (χ3v) is 4.91. The van der Waals surface area contributed by atoms with Crippen LogP contribution in [0.1, 0.15) is 25.5 Å². The van der Waals surface area contributed by atoms with Gasteiger partial charge in [-0.05, 0) is 32.0 Å². The third kappa shape index (κ3) is 3.47. The van der Waals surface area contributed by atoms with Gasteiger partial charge in [0.15, 0.2) is 0 Å². The Kier molecular flexibility index (Phi) is 5.38. The van der Waals surface area contributed by atoms with Crippen LogP contribution < -0.4 is 20.1 Å². The minimum absolute atomic E-state index is 0.260. The van der Waals surface area contributed by atoms with Gasteiger partial charge in [-0.25, -0.2) is 4.68 Å². The summed E-state index contributed by atoms with van der Waals surface area (Å²) in [6.45, 7) is 4.26. The molecule has 0 unspecified atom stereocenters. The highest BCUT2D eigenvalue weighted by molar-refractivity contribution is 6.06. The van der Waals surface area contributed by atoms with Gasteiger partial charge in [0.25, 0.3) is 5.91 Å². The van der Waals surface area contributed by atoms with E-state index >= 15 is 0 Å². The predicted molar refractivity (Wildman–Crippen MR) is 114 cm³/mol. The molecule has 1 aliphatic heterocycles. The van der Waals surface area contributed by atoms with Crippen LogP contribution in [0.15, 0.2) is 66.1 Å². The van der Waals surface area contributed by atoms with Gasteiger partial charge < -0.3 is 20.1 Å². The fourth-order valence-electron chi connectivity index (χ4n) is 3.61. The average molecular weight is 405 g/mol. The van der Waals surface area contributed by atoms with E-state index in [0.717, 1.165) is 5.56 Å². The van der Waals surface area contributed by atoms with Crippen LogP contribution in [0.3, 0.4) is 0 Å². The lowest BCUT2D eigenvalue weighted by atomic mass is 9.94. The SMILES string of the molecule is CCOc1ccccc1NC(=O)C1=C(C)Nc2ncnn2[C@H]1c1ccccc1OC. The van der Waals surface area contributed by atoms with E-state index in [1.165, 1.54) is 6.33 Å². The Hall–Kier alpha value is -3.81. The maximum absolute atomic E-state index is 13.5. The lowest BCUT2D eigenvalue weighted by molar-refractivity contribution is -0.113. The first-order valence-corrected chi connectivity index (χ1v) is 9.67. The highest BCUT2D eigenvalue weighted by atomic mass is 16.5. The smallest absolute Gasteiger partial charge is 0.255 e. The second-order valence-electron chi connectivity index (χ2n) is 6.72. The molecule has 1 atom stereocenters. The molecule has 2 N–H and O–H groups in total. The number of methoxy groups -OCH3 is 1. The monoisotopic (exact) mass is 405 g/mol. The number of anilines is 2. The van der Waals surface area contributed by atoms with E-state index in [1.807, 2.05) is 62.4 Å². The standard InChI is InChI=1S/C22H23N5O3/c1-4-30-18-12-8-6-10-16(18)26-21(28)19-14(2)25-22-23-13-24-27(22)20(19)15-9-5-7-11-17(15)29-3/h5-13,20H,4H2,1-3H3,(H,26,28)(H,23,24,25)/t20-/m0/s1. The van der Waals surface area contributed by atoms with Gasteiger partial charge in [0.2, 0.25) is 5.95 Å². The van der Waals surface area contributed by atoms with Crippen molar-refractivity contribution in [2.45, 2.75) is 19.9 Å². The number of hydrogen-bond donors (Lipinski definition) is 2. The zero-order valence-electron chi connectivity index (χ0n) is 17.0. The van der Waals surface area contributed by atoms with Gasteiger partial charge in [-0.1, -0.05) is 30.3 Å². The summed E-state index contributed by atoms with van der Waals surface area (Å²) in [5, 5.41) is 10.5. The van der Waals surface area contributed by atoms with E-state index in [1.54, 1.807) is 11.8 Å². The molecule has 1 aliphatic rings. The minimum Gasteiger partial charge on any atom is -0.496 e. The first-order valence-electron chi connectivity index (χ1n) is 9.67. The molecule has 0 bridgehead atoms. The largest absolute Gasteiger partial charge is 0.496 e. The van der Waals surface area contributed by atoms with E-state index in [9.17, 15) is 4.79 Å². The molecule has 2 aromatic carbocycles. The summed E-state index contributed by atoms with van der Waals surface area (Å²) in [5.74, 6) is 1.59. The summed E-state index contributed by atoms with van der Waals surface area (Å²) >= 11 is 0. The van der Waals surface area contributed by atoms with Crippen LogP contribution in [0.2, 0.25) is 0 Å². The van der Waals surface area contributed by atoms with Crippen LogP contribution in [0.4, 0.5) is 11.6 Å². The average Bonchev–Trinajstić information content (AvgIpc) is 3.22. The van der Waals surface area contributed by atoms with Gasteiger partial charge >= 0.3 is 0 Å². The molecule has 4 rings (SSSR count). The fraction of sp³-hybridized carbons (Fsp3) is 0.227. The van der Waals surface area contributed by atoms with Crippen molar-refractivity contribution in [1.29, 1.82) is 0 Å². The number of fused-ring (bicyclic) bond motifs is 1. The van der Waals surface area contributed by atoms with Gasteiger partial charge in [0.1, 0.15) is 23.9 Å². The van der Waals surface area contributed by atoms with Crippen LogP contribution in [-0.4, -0.2) is 34.4 Å². The number of benzene rings is 2. The van der Waals surface area contributed by atoms with E-state index in [4.69, 9.17) is 9.47 Å². The first-order chi connectivity index (χ1) is 14.6. The molecular weight excluding hydrogens is 382 g/mol. The Morgan fingerprint density at radius 3 is 2.67 bits per heavy atom. The van der Waals surface area contributed by atoms with Crippen LogP contribution in [0.25, 0.3) is 0 Å². The minimum atomic E-state index is -0.501. The number of rotatable bonds is 6. The number of amides is 1. The maximum Gasteiger partial charge on any atom is 0.255 e. The number of carbonyl (C=O) groups is 1. The molecule has 0 fully saturated rings. The quantitative estimate of drug-likeness (QED) is 0.651. The molecule has 0 spiro atoms. The molecule has 3 aromatic rings. The molecular formula is C22H23N5O3. The van der Waals surface area contributed by atoms with Crippen molar-refractivity contribution in [3.63, 3.8) is 0 Å². The molecule has 0 radical (unpaired) electrons. The number of hydrogen-bond acceptors (Lipinski definition) is 6. The lowest BCUT2D eigenvalue weighted by Gasteiger charge is -2.29. The molecule has 8 heteroatoms. The van der Waals surface area contributed by atoms with Crippen molar-refractivity contribution >= 4 is 17.5 Å². The molecule has 8 nitrogen and oxygen atoms in total. The first kappa shape index (κ1) is 19.5. The van der Waals surface area contributed by atoms with Crippen molar-refractivity contribution in [2.24, 2.45) is 0 Å². The van der Waals surface area contributed by atoms with Crippen molar-refractivity contribution in [1.82, 2.24) is 14.8 Å². The van der Waals surface area contributed by atoms with Crippen molar-refractivity contribution < 1.29 is 14.3 Å². The van der Waals surface area contributed by atoms with Crippen LogP contribution >= 0.6 is 0 Å². The van der Waals surface area contributed by atoms with Gasteiger partial charge in [0, 0.05) is 11.3 Å². The van der Waals surface area contributed by atoms with E-state index in [-0.39, 0.29) is 5.91 Å². The molecule has 2 heterocycles. The van der Waals surface area contributed by atoms with Crippen molar-refractivity contribution in [3.8, 4) is 11.5 Å². The summed E-state index contributed by atoms with van der Waals surface area (Å²) in [7, 11) is 1.61. The highest BCUT2D eigenvalue weighted by Gasteiger charge is 2.35. The van der Waals surface area contributed by atoms with Crippen LogP contribution in [-0.2, 0) is 4.79 Å². The molecule has 1 aromatic heterocycles. The number of nitrogens with zero attached hydrogens (tertiary/aromatic N) is 3. The Balaban J connectivity index is 1.78. The van der Waals surface area contributed by atoms with E-state index in [2.05, 4.69) is 20.7 Å². The van der Waals surface area contributed by atoms with Crippen LogP contribution in [0, 0.1) is 0 Å². The van der Waals surface area contributed by atoms with Crippen LogP contribution in [0.5, 0.6) is 11.5 Å². The number of aromatic nitrogens is 3. The second kappa shape index (κ2) is 8.28. The number of ether oxygens (including phenoxy) is 2. The zero-order valence-corrected chi connectivity index (χ0v) is 17.0. The second-order valence-corrected chi connectivity index (χ2v) is 6.72. The number of carbonyl (C=O) groups excluding carboxylic acids is 1.